The van der Waals surface area contributed by atoms with Crippen LogP contribution in [0.4, 0.5) is 0 Å². The van der Waals surface area contributed by atoms with Gasteiger partial charge in [-0.05, 0) is 96.2 Å². The number of para-hydroxylation sites is 2. The second-order valence-electron chi connectivity index (χ2n) is 14.4. The van der Waals surface area contributed by atoms with Gasteiger partial charge in [0.05, 0.1) is 34.2 Å². The van der Waals surface area contributed by atoms with E-state index in [0.717, 1.165) is 22.8 Å². The average Bonchev–Trinajstić information content (AvgIpc) is 3.65. The zero-order chi connectivity index (χ0) is 35.0. The Bertz CT molecular complexity index is 1890. The lowest BCUT2D eigenvalue weighted by molar-refractivity contribution is 0.446. The van der Waals surface area contributed by atoms with Crippen LogP contribution >= 0.6 is 0 Å². The van der Waals surface area contributed by atoms with Crippen molar-refractivity contribution in [3.05, 3.63) is 131 Å². The number of aromatic nitrogens is 4. The minimum absolute atomic E-state index is 0.380. The number of aryl methyl sites for hydroxylation is 2. The third-order valence-corrected chi connectivity index (χ3v) is 9.47. The molecule has 0 spiro atoms. The standard InChI is InChI=1S/C44H50N4O/c1-27(2)33-15-11-16-34(28(3)4)43(33)47-31(9)23-25-39(47)37-19-13-21-41(45-37)49-42-22-14-20-38(46-42)40-26-24-32(10)48(40)44-35(29(5)6)17-12-18-36(44)30(7)8/h11-30H,1-10H3. The summed E-state index contributed by atoms with van der Waals surface area (Å²) < 4.78 is 11.1. The minimum atomic E-state index is 0.380. The molecule has 0 radical (unpaired) electrons. The Morgan fingerprint density at radius 2 is 0.755 bits per heavy atom. The fourth-order valence-corrected chi connectivity index (χ4v) is 6.95. The first-order chi connectivity index (χ1) is 23.5. The summed E-state index contributed by atoms with van der Waals surface area (Å²) in [5.41, 5.74) is 14.0. The molecule has 0 aliphatic rings. The fraction of sp³-hybridized carbons (Fsp3) is 0.318. The van der Waals surface area contributed by atoms with Gasteiger partial charge in [0.1, 0.15) is 0 Å². The van der Waals surface area contributed by atoms with Crippen molar-refractivity contribution in [1.82, 2.24) is 19.1 Å². The molecule has 2 aromatic carbocycles. The van der Waals surface area contributed by atoms with Crippen LogP contribution in [0.3, 0.4) is 0 Å². The smallest absolute Gasteiger partial charge is 0.221 e. The molecule has 5 nitrogen and oxygen atoms in total. The van der Waals surface area contributed by atoms with Gasteiger partial charge in [-0.15, -0.1) is 0 Å². The lowest BCUT2D eigenvalue weighted by Gasteiger charge is -2.23. The zero-order valence-electron chi connectivity index (χ0n) is 30.7. The van der Waals surface area contributed by atoms with Gasteiger partial charge in [0, 0.05) is 23.5 Å². The molecule has 0 aliphatic carbocycles. The highest BCUT2D eigenvalue weighted by Gasteiger charge is 2.22. The number of pyridine rings is 2. The highest BCUT2D eigenvalue weighted by molar-refractivity contribution is 5.66. The van der Waals surface area contributed by atoms with Crippen molar-refractivity contribution >= 4 is 0 Å². The van der Waals surface area contributed by atoms with Crippen LogP contribution in [-0.2, 0) is 0 Å². The molecule has 0 unspecified atom stereocenters. The number of nitrogens with zero attached hydrogens (tertiary/aromatic N) is 4. The maximum atomic E-state index is 6.41. The molecule has 6 rings (SSSR count). The Morgan fingerprint density at radius 3 is 1.08 bits per heavy atom. The van der Waals surface area contributed by atoms with Crippen LogP contribution in [0.25, 0.3) is 34.2 Å². The van der Waals surface area contributed by atoms with E-state index in [2.05, 4.69) is 151 Å². The van der Waals surface area contributed by atoms with Crippen LogP contribution < -0.4 is 4.74 Å². The summed E-state index contributed by atoms with van der Waals surface area (Å²) >= 11 is 0. The van der Waals surface area contributed by atoms with Crippen LogP contribution in [0.5, 0.6) is 11.8 Å². The topological polar surface area (TPSA) is 44.9 Å². The van der Waals surface area contributed by atoms with E-state index in [-0.39, 0.29) is 0 Å². The van der Waals surface area contributed by atoms with E-state index in [1.54, 1.807) is 0 Å². The molecular weight excluding hydrogens is 601 g/mol. The van der Waals surface area contributed by atoms with Gasteiger partial charge in [0.2, 0.25) is 11.8 Å². The van der Waals surface area contributed by atoms with Gasteiger partial charge in [-0.3, -0.25) is 0 Å². The van der Waals surface area contributed by atoms with E-state index in [1.165, 1.54) is 45.0 Å². The summed E-state index contributed by atoms with van der Waals surface area (Å²) in [5, 5.41) is 0. The zero-order valence-corrected chi connectivity index (χ0v) is 30.7. The number of ether oxygens (including phenoxy) is 1. The van der Waals surface area contributed by atoms with Gasteiger partial charge in [-0.1, -0.05) is 104 Å². The van der Waals surface area contributed by atoms with Gasteiger partial charge in [0.25, 0.3) is 0 Å². The lowest BCUT2D eigenvalue weighted by Crippen LogP contribution is -2.10. The van der Waals surface area contributed by atoms with Crippen LogP contribution in [0.2, 0.25) is 0 Å². The molecule has 0 saturated heterocycles. The van der Waals surface area contributed by atoms with E-state index < -0.39 is 0 Å². The molecule has 0 amide bonds. The second kappa shape index (κ2) is 13.9. The van der Waals surface area contributed by atoms with Crippen molar-refractivity contribution in [2.45, 2.75) is 92.9 Å². The highest BCUT2D eigenvalue weighted by Crippen LogP contribution is 2.38. The first-order valence-electron chi connectivity index (χ1n) is 17.7. The summed E-state index contributed by atoms with van der Waals surface area (Å²) in [4.78, 5) is 10.1. The van der Waals surface area contributed by atoms with Crippen molar-refractivity contribution in [3.8, 4) is 45.9 Å². The van der Waals surface area contributed by atoms with E-state index in [4.69, 9.17) is 14.7 Å². The molecular formula is C44H50N4O. The van der Waals surface area contributed by atoms with Crippen LogP contribution in [0.15, 0.2) is 97.1 Å². The predicted octanol–water partition coefficient (Wildman–Crippen LogP) is 12.3. The second-order valence-corrected chi connectivity index (χ2v) is 14.4. The molecule has 6 aromatic rings. The molecule has 0 fully saturated rings. The van der Waals surface area contributed by atoms with Crippen LogP contribution in [0, 0.1) is 13.8 Å². The van der Waals surface area contributed by atoms with Gasteiger partial charge in [-0.25, -0.2) is 9.97 Å². The SMILES string of the molecule is Cc1ccc(-c2cccc(Oc3cccc(-c4ccc(C)n4-c4c(C(C)C)cccc4C(C)C)n3)n2)n1-c1c(C(C)C)cccc1C(C)C. The fourth-order valence-electron chi connectivity index (χ4n) is 6.95. The third-order valence-electron chi connectivity index (χ3n) is 9.47. The highest BCUT2D eigenvalue weighted by atomic mass is 16.5. The van der Waals surface area contributed by atoms with Gasteiger partial charge >= 0.3 is 0 Å². The molecule has 0 saturated carbocycles. The molecule has 0 bridgehead atoms. The van der Waals surface area contributed by atoms with E-state index >= 15 is 0 Å². The van der Waals surface area contributed by atoms with Crippen molar-refractivity contribution in [2.24, 2.45) is 0 Å². The Kier molecular flexibility index (Phi) is 9.65. The minimum Gasteiger partial charge on any atom is -0.421 e. The van der Waals surface area contributed by atoms with Gasteiger partial charge < -0.3 is 13.9 Å². The van der Waals surface area contributed by atoms with Gasteiger partial charge in [0.15, 0.2) is 0 Å². The summed E-state index contributed by atoms with van der Waals surface area (Å²) in [6, 6.07) is 34.0. The number of rotatable bonds is 10. The number of hydrogen-bond donors (Lipinski definition) is 0. The molecule has 4 aromatic heterocycles. The number of hydrogen-bond acceptors (Lipinski definition) is 3. The Morgan fingerprint density at radius 1 is 0.429 bits per heavy atom. The molecule has 5 heteroatoms. The summed E-state index contributed by atoms with van der Waals surface area (Å²) in [6.45, 7) is 22.4. The molecule has 0 aliphatic heterocycles. The van der Waals surface area contributed by atoms with Gasteiger partial charge in [-0.2, -0.15) is 0 Å². The van der Waals surface area contributed by atoms with Crippen LogP contribution in [0.1, 0.15) is 113 Å². The number of benzene rings is 2. The first kappa shape index (κ1) is 34.0. The van der Waals surface area contributed by atoms with Crippen molar-refractivity contribution in [2.75, 3.05) is 0 Å². The lowest BCUT2D eigenvalue weighted by atomic mass is 9.92. The van der Waals surface area contributed by atoms with E-state index in [9.17, 15) is 0 Å². The normalized spacial score (nSPS) is 11.8. The Balaban J connectivity index is 1.39. The molecule has 49 heavy (non-hydrogen) atoms. The summed E-state index contributed by atoms with van der Waals surface area (Å²) in [6.07, 6.45) is 0. The maximum absolute atomic E-state index is 6.41. The Labute approximate surface area is 292 Å². The van der Waals surface area contributed by atoms with Crippen LogP contribution in [-0.4, -0.2) is 19.1 Å². The van der Waals surface area contributed by atoms with Crippen molar-refractivity contribution < 1.29 is 4.74 Å². The van der Waals surface area contributed by atoms with E-state index in [1.807, 2.05) is 24.3 Å². The van der Waals surface area contributed by atoms with Crippen molar-refractivity contribution in [1.29, 1.82) is 0 Å². The van der Waals surface area contributed by atoms with Crippen molar-refractivity contribution in [3.63, 3.8) is 0 Å². The summed E-state index contributed by atoms with van der Waals surface area (Å²) in [7, 11) is 0. The molecule has 0 atom stereocenters. The largest absolute Gasteiger partial charge is 0.421 e. The predicted molar refractivity (Wildman–Crippen MR) is 204 cm³/mol. The molecule has 252 valence electrons. The quantitative estimate of drug-likeness (QED) is 0.148. The molecule has 0 N–H and O–H groups in total. The monoisotopic (exact) mass is 650 g/mol. The summed E-state index contributed by atoms with van der Waals surface area (Å²) in [5.74, 6) is 2.53. The first-order valence-corrected chi connectivity index (χ1v) is 17.7. The average molecular weight is 651 g/mol. The third kappa shape index (κ3) is 6.59. The molecule has 4 heterocycles. The Hall–Kier alpha value is -4.90. The van der Waals surface area contributed by atoms with E-state index in [0.29, 0.717) is 35.4 Å². The maximum Gasteiger partial charge on any atom is 0.221 e.